The highest BCUT2D eigenvalue weighted by molar-refractivity contribution is 6.74. The normalized spacial score (nSPS) is 20.9. The summed E-state index contributed by atoms with van der Waals surface area (Å²) in [6.07, 6.45) is 13.5. The van der Waals surface area contributed by atoms with Crippen LogP contribution in [-0.4, -0.2) is 45.8 Å². The molecule has 1 aliphatic rings. The van der Waals surface area contributed by atoms with Gasteiger partial charge in [-0.3, -0.25) is 4.79 Å². The quantitative estimate of drug-likeness (QED) is 0.0900. The molecule has 172 valence electrons. The van der Waals surface area contributed by atoms with E-state index in [2.05, 4.69) is 56.8 Å². The summed E-state index contributed by atoms with van der Waals surface area (Å²) in [5, 5.41) is 9.13. The maximum atomic E-state index is 11.4. The molecule has 0 saturated carbocycles. The van der Waals surface area contributed by atoms with Crippen LogP contribution in [0.3, 0.4) is 0 Å². The van der Waals surface area contributed by atoms with Crippen molar-refractivity contribution < 1.29 is 18.8 Å². The minimum atomic E-state index is -1.95. The second kappa shape index (κ2) is 12.5. The Morgan fingerprint density at radius 1 is 1.35 bits per heavy atom. The number of ether oxygens (including phenoxy) is 1. The van der Waals surface area contributed by atoms with Crippen molar-refractivity contribution in [3.63, 3.8) is 0 Å². The highest BCUT2D eigenvalue weighted by Crippen LogP contribution is 2.39. The van der Waals surface area contributed by atoms with Crippen LogP contribution in [-0.2, 0) is 18.8 Å². The number of allylic oxidation sites excluding steroid dienone is 4. The fourth-order valence-corrected chi connectivity index (χ4v) is 4.13. The van der Waals surface area contributed by atoms with E-state index in [9.17, 15) is 9.59 Å². The van der Waals surface area contributed by atoms with Crippen molar-refractivity contribution in [2.75, 3.05) is 20.2 Å². The molecule has 1 aliphatic carbocycles. The average Bonchev–Trinajstić information content (AvgIpc) is 2.90. The number of carbonyl (C=O) groups is 2. The fraction of sp³-hybridized carbons (Fsp3) is 0.625. The van der Waals surface area contributed by atoms with Gasteiger partial charge in [-0.15, -0.1) is 0 Å². The lowest BCUT2D eigenvalue weighted by Gasteiger charge is -2.36. The standard InChI is InChI=1S/C24H38N2O4Si/c1-24(2,3)31(5,6)30-18-21-12-8-7-11-20(17-26(19-27)16-15-25)22(21)13-9-10-14-23(28)29-4/h7-8,10,14,18-20,22H,9,11-13,16-17H2,1-6H3/b14-10-,21-18-/t20-,22+/m1/s1. The summed E-state index contributed by atoms with van der Waals surface area (Å²) in [5.41, 5.74) is 1.21. The molecule has 31 heavy (non-hydrogen) atoms. The Balaban J connectivity index is 3.13. The van der Waals surface area contributed by atoms with Crippen LogP contribution in [0, 0.1) is 23.2 Å². The van der Waals surface area contributed by atoms with Gasteiger partial charge in [-0.2, -0.15) is 5.26 Å². The lowest BCUT2D eigenvalue weighted by Crippen LogP contribution is -2.39. The second-order valence-corrected chi connectivity index (χ2v) is 14.3. The molecule has 6 nitrogen and oxygen atoms in total. The van der Waals surface area contributed by atoms with Crippen LogP contribution in [0.1, 0.15) is 46.5 Å². The maximum Gasteiger partial charge on any atom is 0.330 e. The Bertz CT molecular complexity index is 729. The zero-order chi connectivity index (χ0) is 23.5. The van der Waals surface area contributed by atoms with Gasteiger partial charge in [0.1, 0.15) is 6.54 Å². The van der Waals surface area contributed by atoms with Crippen LogP contribution < -0.4 is 0 Å². The molecular weight excluding hydrogens is 408 g/mol. The molecule has 0 unspecified atom stereocenters. The molecule has 0 bridgehead atoms. The van der Waals surface area contributed by atoms with Gasteiger partial charge in [-0.1, -0.05) is 39.0 Å². The first-order valence-electron chi connectivity index (χ1n) is 10.9. The molecule has 0 N–H and O–H groups in total. The molecule has 1 amide bonds. The van der Waals surface area contributed by atoms with E-state index in [0.29, 0.717) is 13.0 Å². The van der Waals surface area contributed by atoms with Crippen molar-refractivity contribution in [1.29, 1.82) is 5.26 Å². The highest BCUT2D eigenvalue weighted by Gasteiger charge is 2.38. The summed E-state index contributed by atoms with van der Waals surface area (Å²) in [6, 6.07) is 2.06. The number of nitriles is 1. The van der Waals surface area contributed by atoms with E-state index in [-0.39, 0.29) is 29.4 Å². The van der Waals surface area contributed by atoms with Crippen molar-refractivity contribution in [3.8, 4) is 6.07 Å². The molecule has 2 atom stereocenters. The smallest absolute Gasteiger partial charge is 0.330 e. The van der Waals surface area contributed by atoms with Crippen molar-refractivity contribution in [3.05, 3.63) is 36.1 Å². The molecule has 1 rings (SSSR count). The average molecular weight is 447 g/mol. The Morgan fingerprint density at radius 3 is 2.65 bits per heavy atom. The largest absolute Gasteiger partial charge is 0.549 e. The van der Waals surface area contributed by atoms with Gasteiger partial charge >= 0.3 is 5.97 Å². The molecule has 0 saturated heterocycles. The lowest BCUT2D eigenvalue weighted by atomic mass is 9.81. The van der Waals surface area contributed by atoms with Crippen molar-refractivity contribution in [2.45, 2.75) is 64.6 Å². The number of amides is 1. The highest BCUT2D eigenvalue weighted by atomic mass is 28.4. The zero-order valence-electron chi connectivity index (χ0n) is 19.9. The molecule has 0 aliphatic heterocycles. The second-order valence-electron chi connectivity index (χ2n) is 9.54. The van der Waals surface area contributed by atoms with Crippen LogP contribution in [0.4, 0.5) is 0 Å². The third-order valence-electron chi connectivity index (χ3n) is 6.31. The number of rotatable bonds is 10. The lowest BCUT2D eigenvalue weighted by molar-refractivity contribution is -0.134. The Kier molecular flexibility index (Phi) is 10.8. The summed E-state index contributed by atoms with van der Waals surface area (Å²) < 4.78 is 11.1. The molecule has 0 spiro atoms. The molecule has 0 radical (unpaired) electrons. The van der Waals surface area contributed by atoms with E-state index in [1.165, 1.54) is 23.7 Å². The minimum Gasteiger partial charge on any atom is -0.549 e. The van der Waals surface area contributed by atoms with E-state index in [4.69, 9.17) is 9.69 Å². The molecule has 7 heteroatoms. The summed E-state index contributed by atoms with van der Waals surface area (Å²) in [5.74, 6) is -0.00133. The van der Waals surface area contributed by atoms with Crippen molar-refractivity contribution in [2.24, 2.45) is 11.8 Å². The number of nitrogens with zero attached hydrogens (tertiary/aromatic N) is 2. The monoisotopic (exact) mass is 446 g/mol. The van der Waals surface area contributed by atoms with Crippen LogP contribution in [0.25, 0.3) is 0 Å². The van der Waals surface area contributed by atoms with Gasteiger partial charge in [0.05, 0.1) is 19.4 Å². The molecule has 0 aromatic heterocycles. The van der Waals surface area contributed by atoms with Gasteiger partial charge in [0.15, 0.2) is 0 Å². The first kappa shape index (κ1) is 26.7. The van der Waals surface area contributed by atoms with E-state index < -0.39 is 8.32 Å². The van der Waals surface area contributed by atoms with Gasteiger partial charge < -0.3 is 14.1 Å². The predicted octanol–water partition coefficient (Wildman–Crippen LogP) is 4.97. The van der Waals surface area contributed by atoms with Crippen LogP contribution in [0.15, 0.2) is 36.1 Å². The van der Waals surface area contributed by atoms with E-state index in [1.54, 1.807) is 0 Å². The van der Waals surface area contributed by atoms with Crippen LogP contribution in [0.2, 0.25) is 18.1 Å². The number of hydrogen-bond donors (Lipinski definition) is 0. The van der Waals surface area contributed by atoms with Crippen molar-refractivity contribution in [1.82, 2.24) is 4.90 Å². The SMILES string of the molecule is COC(=O)/C=C\CC[C@@H]1/C(=C\O[Si](C)(C)C(C)(C)C)CC=CC[C@@H]1CN(C=O)CC#N. The van der Waals surface area contributed by atoms with Gasteiger partial charge in [-0.05, 0) is 61.2 Å². The summed E-state index contributed by atoms with van der Waals surface area (Å²) in [6.45, 7) is 11.7. The number of hydrogen-bond acceptors (Lipinski definition) is 5. The Morgan fingerprint density at radius 2 is 2.06 bits per heavy atom. The zero-order valence-corrected chi connectivity index (χ0v) is 20.9. The maximum absolute atomic E-state index is 11.4. The third kappa shape index (κ3) is 8.74. The molecular formula is C24H38N2O4Si. The third-order valence-corrected chi connectivity index (χ3v) is 10.6. The Hall–Kier alpha value is -2.33. The minimum absolute atomic E-state index is 0.0815. The summed E-state index contributed by atoms with van der Waals surface area (Å²) >= 11 is 0. The van der Waals surface area contributed by atoms with Gasteiger partial charge in [0.2, 0.25) is 14.7 Å². The molecule has 0 aromatic rings. The number of carbonyl (C=O) groups excluding carboxylic acids is 2. The van der Waals surface area contributed by atoms with Gasteiger partial charge in [-0.25, -0.2) is 4.79 Å². The molecule has 0 heterocycles. The predicted molar refractivity (Wildman–Crippen MR) is 125 cm³/mol. The van der Waals surface area contributed by atoms with E-state index in [1.807, 2.05) is 12.3 Å². The first-order chi connectivity index (χ1) is 14.6. The van der Waals surface area contributed by atoms with Crippen LogP contribution >= 0.6 is 0 Å². The van der Waals surface area contributed by atoms with Crippen LogP contribution in [0.5, 0.6) is 0 Å². The number of methoxy groups -OCH3 is 1. The van der Waals surface area contributed by atoms with E-state index >= 15 is 0 Å². The fourth-order valence-electron chi connectivity index (χ4n) is 3.33. The Labute approximate surface area is 188 Å². The van der Waals surface area contributed by atoms with E-state index in [0.717, 1.165) is 25.7 Å². The summed E-state index contributed by atoms with van der Waals surface area (Å²) in [7, 11) is -0.589. The van der Waals surface area contributed by atoms with Crippen molar-refractivity contribution >= 4 is 20.7 Å². The molecule has 0 fully saturated rings. The van der Waals surface area contributed by atoms with Gasteiger partial charge in [0, 0.05) is 12.6 Å². The number of esters is 1. The molecule has 0 aromatic carbocycles. The first-order valence-corrected chi connectivity index (χ1v) is 13.8. The topological polar surface area (TPSA) is 79.6 Å². The summed E-state index contributed by atoms with van der Waals surface area (Å²) in [4.78, 5) is 24.4. The van der Waals surface area contributed by atoms with Gasteiger partial charge in [0.25, 0.3) is 0 Å².